The molecular formula is C28H50N4O4. The van der Waals surface area contributed by atoms with Crippen molar-refractivity contribution < 1.29 is 19.7 Å². The van der Waals surface area contributed by atoms with Crippen LogP contribution in [0.25, 0.3) is 0 Å². The third-order valence-corrected chi connectivity index (χ3v) is 10.1. The van der Waals surface area contributed by atoms with E-state index in [9.17, 15) is 15.0 Å². The largest absolute Gasteiger partial charge is 0.393 e. The molecule has 8 nitrogen and oxygen atoms in total. The molecule has 9 atom stereocenters. The number of aliphatic hydroxyl groups is 2. The number of carbonyl (C=O) groups excluding carboxylic acids is 1. The van der Waals surface area contributed by atoms with Gasteiger partial charge in [0.15, 0.2) is 0 Å². The molecule has 36 heavy (non-hydrogen) atoms. The molecule has 5 aliphatic rings. The number of amides is 1. The molecule has 5 fully saturated rings. The van der Waals surface area contributed by atoms with Crippen molar-refractivity contribution in [2.45, 2.75) is 114 Å². The topological polar surface area (TPSA) is 106 Å². The number of nitrogens with one attached hydrogen (secondary N) is 3. The van der Waals surface area contributed by atoms with Gasteiger partial charge in [-0.1, -0.05) is 25.7 Å². The van der Waals surface area contributed by atoms with E-state index < -0.39 is 24.2 Å². The second-order valence-corrected chi connectivity index (χ2v) is 12.5. The molecular weight excluding hydrogens is 456 g/mol. The van der Waals surface area contributed by atoms with Gasteiger partial charge in [-0.3, -0.25) is 4.79 Å². The van der Waals surface area contributed by atoms with E-state index in [0.717, 1.165) is 39.1 Å². The number of hydrogen-bond acceptors (Lipinski definition) is 7. The molecule has 1 amide bonds. The van der Waals surface area contributed by atoms with Crippen molar-refractivity contribution in [2.24, 2.45) is 23.7 Å². The van der Waals surface area contributed by atoms with Gasteiger partial charge in [-0.2, -0.15) is 0 Å². The molecule has 2 heterocycles. The van der Waals surface area contributed by atoms with Gasteiger partial charge in [-0.25, -0.2) is 0 Å². The van der Waals surface area contributed by atoms with Crippen LogP contribution < -0.4 is 16.0 Å². The van der Waals surface area contributed by atoms with Gasteiger partial charge < -0.3 is 35.8 Å². The van der Waals surface area contributed by atoms with Crippen LogP contribution in [0.5, 0.6) is 0 Å². The number of nitrogens with zero attached hydrogens (tertiary/aromatic N) is 1. The summed E-state index contributed by atoms with van der Waals surface area (Å²) in [5.41, 5.74) is 0. The van der Waals surface area contributed by atoms with Crippen LogP contribution in [-0.2, 0) is 9.53 Å². The molecule has 2 saturated heterocycles. The molecule has 0 spiro atoms. The summed E-state index contributed by atoms with van der Waals surface area (Å²) >= 11 is 0. The first kappa shape index (κ1) is 26.8. The molecule has 3 saturated carbocycles. The van der Waals surface area contributed by atoms with Crippen LogP contribution in [0, 0.1) is 23.7 Å². The Balaban J connectivity index is 1.23. The molecule has 0 aromatic rings. The number of likely N-dealkylation sites (tertiary alicyclic amines) is 1. The first-order chi connectivity index (χ1) is 17.5. The van der Waals surface area contributed by atoms with E-state index in [4.69, 9.17) is 4.74 Å². The minimum Gasteiger partial charge on any atom is -0.393 e. The third-order valence-electron chi connectivity index (χ3n) is 10.1. The highest BCUT2D eigenvalue weighted by Gasteiger charge is 2.46. The normalized spacial score (nSPS) is 42.6. The molecule has 3 aliphatic carbocycles. The molecule has 206 valence electrons. The smallest absolute Gasteiger partial charge is 0.230 e. The number of aliphatic hydroxyl groups excluding tert-OH is 2. The van der Waals surface area contributed by atoms with Crippen molar-refractivity contribution in [3.05, 3.63) is 0 Å². The third kappa shape index (κ3) is 6.26. The fourth-order valence-corrected chi connectivity index (χ4v) is 7.83. The summed E-state index contributed by atoms with van der Waals surface area (Å²) in [5.74, 6) is 1.15. The second-order valence-electron chi connectivity index (χ2n) is 12.5. The first-order valence-electron chi connectivity index (χ1n) is 15.0. The predicted molar refractivity (Wildman–Crippen MR) is 139 cm³/mol. The molecule has 5 N–H and O–H groups in total. The fourth-order valence-electron chi connectivity index (χ4n) is 7.83. The molecule has 5 rings (SSSR count). The Labute approximate surface area is 217 Å². The van der Waals surface area contributed by atoms with Crippen LogP contribution in [0.3, 0.4) is 0 Å². The van der Waals surface area contributed by atoms with Crippen molar-refractivity contribution >= 4 is 5.91 Å². The van der Waals surface area contributed by atoms with E-state index in [1.807, 2.05) is 4.90 Å². The monoisotopic (exact) mass is 506 g/mol. The van der Waals surface area contributed by atoms with Crippen LogP contribution >= 0.6 is 0 Å². The van der Waals surface area contributed by atoms with Gasteiger partial charge in [0, 0.05) is 63.9 Å². The van der Waals surface area contributed by atoms with Crippen molar-refractivity contribution in [1.29, 1.82) is 0 Å². The van der Waals surface area contributed by atoms with Crippen molar-refractivity contribution in [3.63, 3.8) is 0 Å². The zero-order valence-electron chi connectivity index (χ0n) is 22.2. The average molecular weight is 507 g/mol. The Kier molecular flexibility index (Phi) is 9.23. The lowest BCUT2D eigenvalue weighted by atomic mass is 9.71. The summed E-state index contributed by atoms with van der Waals surface area (Å²) in [7, 11) is 0. The van der Waals surface area contributed by atoms with Crippen molar-refractivity contribution in [1.82, 2.24) is 20.9 Å². The van der Waals surface area contributed by atoms with Crippen molar-refractivity contribution in [2.75, 3.05) is 32.9 Å². The molecule has 8 heteroatoms. The Hall–Kier alpha value is -0.770. The van der Waals surface area contributed by atoms with Crippen LogP contribution in [0.4, 0.5) is 0 Å². The van der Waals surface area contributed by atoms with E-state index in [1.165, 1.54) is 44.9 Å². The van der Waals surface area contributed by atoms with Crippen molar-refractivity contribution in [3.8, 4) is 0 Å². The maximum Gasteiger partial charge on any atom is 0.230 e. The summed E-state index contributed by atoms with van der Waals surface area (Å²) < 4.78 is 6.33. The van der Waals surface area contributed by atoms with Crippen LogP contribution in [-0.4, -0.2) is 90.4 Å². The molecule has 0 aromatic heterocycles. The second kappa shape index (κ2) is 12.4. The van der Waals surface area contributed by atoms with Crippen LogP contribution in [0.1, 0.15) is 77.6 Å². The number of rotatable bonds is 6. The van der Waals surface area contributed by atoms with Gasteiger partial charge in [-0.15, -0.1) is 0 Å². The lowest BCUT2D eigenvalue weighted by Gasteiger charge is -2.49. The van der Waals surface area contributed by atoms with E-state index in [-0.39, 0.29) is 12.3 Å². The van der Waals surface area contributed by atoms with E-state index in [2.05, 4.69) is 22.9 Å². The molecule has 0 radical (unpaired) electrons. The zero-order valence-corrected chi connectivity index (χ0v) is 22.2. The van der Waals surface area contributed by atoms with Gasteiger partial charge >= 0.3 is 0 Å². The fraction of sp³-hybridized carbons (Fsp3) is 0.964. The summed E-state index contributed by atoms with van der Waals surface area (Å²) in [6.45, 7) is 6.27. The minimum absolute atomic E-state index is 0.0418. The maximum absolute atomic E-state index is 13.9. The van der Waals surface area contributed by atoms with Gasteiger partial charge in [0.2, 0.25) is 5.91 Å². The van der Waals surface area contributed by atoms with Gasteiger partial charge in [0.25, 0.3) is 0 Å². The molecule has 9 unspecified atom stereocenters. The number of ether oxygens (including phenoxy) is 1. The minimum atomic E-state index is -0.837. The molecule has 0 bridgehead atoms. The summed E-state index contributed by atoms with van der Waals surface area (Å²) in [6.07, 6.45) is 9.79. The summed E-state index contributed by atoms with van der Waals surface area (Å²) in [6, 6.07) is 1.25. The molecule has 0 aromatic carbocycles. The summed E-state index contributed by atoms with van der Waals surface area (Å²) in [5, 5.41) is 32.3. The Morgan fingerprint density at radius 1 is 1.03 bits per heavy atom. The standard InChI is InChI=1S/C28H50N4O4/c1-18-24(14-29-17-30-18)31-23-9-5-8-20-10-11-32(15-22(20)23)28(35)27-25(34)12-21(33)13-26(27)36-16-19-6-3-2-4-7-19/h18-27,29-31,33-34H,2-17H2,1H3. The number of piperidine rings is 1. The quantitative estimate of drug-likeness (QED) is 0.373. The Morgan fingerprint density at radius 2 is 1.86 bits per heavy atom. The lowest BCUT2D eigenvalue weighted by molar-refractivity contribution is -0.162. The highest BCUT2D eigenvalue weighted by Crippen LogP contribution is 2.39. The Bertz CT molecular complexity index is 720. The number of carbonyl (C=O) groups is 1. The van der Waals surface area contributed by atoms with Gasteiger partial charge in [-0.05, 0) is 56.8 Å². The first-order valence-corrected chi connectivity index (χ1v) is 15.0. The zero-order chi connectivity index (χ0) is 25.1. The van der Waals surface area contributed by atoms with Crippen LogP contribution in [0.2, 0.25) is 0 Å². The van der Waals surface area contributed by atoms with Gasteiger partial charge in [0.1, 0.15) is 0 Å². The highest BCUT2D eigenvalue weighted by atomic mass is 16.5. The average Bonchev–Trinajstić information content (AvgIpc) is 2.89. The number of fused-ring (bicyclic) bond motifs is 1. The predicted octanol–water partition coefficient (Wildman–Crippen LogP) is 1.60. The van der Waals surface area contributed by atoms with E-state index >= 15 is 0 Å². The SMILES string of the molecule is CC1NCNCC1NC1CCCC2CCN(C(=O)C3C(O)CC(O)CC3OCC3CCCCC3)CC21. The summed E-state index contributed by atoms with van der Waals surface area (Å²) in [4.78, 5) is 16.0. The molecule has 2 aliphatic heterocycles. The van der Waals surface area contributed by atoms with Crippen LogP contribution in [0.15, 0.2) is 0 Å². The highest BCUT2D eigenvalue weighted by molar-refractivity contribution is 5.80. The van der Waals surface area contributed by atoms with Gasteiger partial charge in [0.05, 0.1) is 24.2 Å². The Morgan fingerprint density at radius 3 is 2.67 bits per heavy atom. The van der Waals surface area contributed by atoms with E-state index in [0.29, 0.717) is 48.9 Å². The lowest BCUT2D eigenvalue weighted by Crippen LogP contribution is -2.64. The van der Waals surface area contributed by atoms with E-state index in [1.54, 1.807) is 0 Å². The maximum atomic E-state index is 13.9. The number of hydrogen-bond donors (Lipinski definition) is 5.